The first kappa shape index (κ1) is 11.8. The highest BCUT2D eigenvalue weighted by Gasteiger charge is 2.27. The van der Waals surface area contributed by atoms with Crippen LogP contribution in [-0.2, 0) is 16.1 Å². The number of rotatable bonds is 3. The largest absolute Gasteiger partial charge is 0.454 e. The molecule has 0 aliphatic carbocycles. The van der Waals surface area contributed by atoms with Crippen molar-refractivity contribution in [2.75, 3.05) is 6.79 Å². The van der Waals surface area contributed by atoms with Crippen molar-refractivity contribution >= 4 is 11.8 Å². The lowest BCUT2D eigenvalue weighted by Gasteiger charge is -2.10. The van der Waals surface area contributed by atoms with Gasteiger partial charge in [-0.2, -0.15) is 0 Å². The Kier molecular flexibility index (Phi) is 2.96. The lowest BCUT2D eigenvalue weighted by Crippen LogP contribution is -2.42. The molecule has 1 aromatic rings. The van der Waals surface area contributed by atoms with Crippen LogP contribution < -0.4 is 25.6 Å². The molecule has 7 nitrogen and oxygen atoms in total. The first-order valence-corrected chi connectivity index (χ1v) is 5.93. The average Bonchev–Trinajstić information content (AvgIpc) is 3.03. The van der Waals surface area contributed by atoms with Gasteiger partial charge in [0.15, 0.2) is 11.5 Å². The van der Waals surface area contributed by atoms with Crippen LogP contribution >= 0.6 is 0 Å². The van der Waals surface area contributed by atoms with E-state index in [1.165, 1.54) is 0 Å². The highest BCUT2D eigenvalue weighted by Crippen LogP contribution is 2.32. The molecular weight excluding hydrogens is 250 g/mol. The number of fused-ring (bicyclic) bond motifs is 1. The number of hydrogen-bond acceptors (Lipinski definition) is 5. The predicted octanol–water partition coefficient (Wildman–Crippen LogP) is -0.575. The zero-order valence-electron chi connectivity index (χ0n) is 10.1. The Morgan fingerprint density at radius 1 is 1.37 bits per heavy atom. The molecule has 3 rings (SSSR count). The van der Waals surface area contributed by atoms with Gasteiger partial charge in [-0.25, -0.2) is 5.43 Å². The fraction of sp³-hybridized carbons (Fsp3) is 0.333. The lowest BCUT2D eigenvalue weighted by molar-refractivity contribution is -0.124. The highest BCUT2D eigenvalue weighted by molar-refractivity contribution is 5.90. The minimum absolute atomic E-state index is 0.160. The zero-order valence-corrected chi connectivity index (χ0v) is 10.1. The van der Waals surface area contributed by atoms with E-state index in [-0.39, 0.29) is 25.0 Å². The first-order valence-electron chi connectivity index (χ1n) is 5.93. The topological polar surface area (TPSA) is 88.7 Å². The van der Waals surface area contributed by atoms with Gasteiger partial charge in [0.25, 0.3) is 0 Å². The van der Waals surface area contributed by atoms with Crippen molar-refractivity contribution in [2.45, 2.75) is 19.0 Å². The van der Waals surface area contributed by atoms with Gasteiger partial charge in [-0.3, -0.25) is 15.0 Å². The minimum atomic E-state index is -0.512. The van der Waals surface area contributed by atoms with Gasteiger partial charge in [0.05, 0.1) is 6.42 Å². The molecule has 1 aromatic carbocycles. The molecule has 100 valence electrons. The Bertz CT molecular complexity index is 532. The van der Waals surface area contributed by atoms with Crippen molar-refractivity contribution in [1.82, 2.24) is 16.2 Å². The maximum absolute atomic E-state index is 11.8. The molecule has 3 N–H and O–H groups in total. The quantitative estimate of drug-likeness (QED) is 0.679. The van der Waals surface area contributed by atoms with E-state index in [0.717, 1.165) is 5.56 Å². The second kappa shape index (κ2) is 4.77. The van der Waals surface area contributed by atoms with Gasteiger partial charge in [-0.15, -0.1) is 0 Å². The standard InChI is InChI=1S/C12H13N3O4/c16-11-4-8(14-15-11)12(17)13-5-7-1-2-9-10(3-7)19-6-18-9/h1-3,8,14H,4-6H2,(H,13,17)(H,15,16). The third-order valence-electron chi connectivity index (χ3n) is 3.00. The van der Waals surface area contributed by atoms with Gasteiger partial charge < -0.3 is 14.8 Å². The average molecular weight is 263 g/mol. The normalized spacial score (nSPS) is 20.2. The van der Waals surface area contributed by atoms with Gasteiger partial charge in [0.2, 0.25) is 18.6 Å². The zero-order chi connectivity index (χ0) is 13.2. The second-order valence-corrected chi connectivity index (χ2v) is 4.35. The van der Waals surface area contributed by atoms with Crippen LogP contribution in [0, 0.1) is 0 Å². The maximum Gasteiger partial charge on any atom is 0.239 e. The maximum atomic E-state index is 11.8. The van der Waals surface area contributed by atoms with Crippen LogP contribution in [0.15, 0.2) is 18.2 Å². The number of carbonyl (C=O) groups excluding carboxylic acids is 2. The Labute approximate surface area is 109 Å². The van der Waals surface area contributed by atoms with E-state index >= 15 is 0 Å². The Balaban J connectivity index is 1.57. The Hall–Kier alpha value is -2.28. The van der Waals surface area contributed by atoms with E-state index in [9.17, 15) is 9.59 Å². The predicted molar refractivity (Wildman–Crippen MR) is 64.1 cm³/mol. The van der Waals surface area contributed by atoms with Gasteiger partial charge in [0, 0.05) is 6.54 Å². The molecule has 2 amide bonds. The molecule has 2 aliphatic rings. The number of hydrazine groups is 1. The van der Waals surface area contributed by atoms with Crippen molar-refractivity contribution in [3.05, 3.63) is 23.8 Å². The molecule has 0 spiro atoms. The molecule has 0 aromatic heterocycles. The van der Waals surface area contributed by atoms with Gasteiger partial charge in [0.1, 0.15) is 6.04 Å². The summed E-state index contributed by atoms with van der Waals surface area (Å²) in [5.41, 5.74) is 5.94. The van der Waals surface area contributed by atoms with Crippen LogP contribution in [0.2, 0.25) is 0 Å². The molecule has 19 heavy (non-hydrogen) atoms. The molecule has 1 saturated heterocycles. The number of hydrogen-bond donors (Lipinski definition) is 3. The van der Waals surface area contributed by atoms with Crippen LogP contribution in [0.3, 0.4) is 0 Å². The third kappa shape index (κ3) is 2.45. The van der Waals surface area contributed by atoms with Gasteiger partial charge >= 0.3 is 0 Å². The minimum Gasteiger partial charge on any atom is -0.454 e. The van der Waals surface area contributed by atoms with Crippen molar-refractivity contribution in [3.63, 3.8) is 0 Å². The van der Waals surface area contributed by atoms with E-state index in [0.29, 0.717) is 18.0 Å². The van der Waals surface area contributed by atoms with Crippen LogP contribution in [0.5, 0.6) is 11.5 Å². The van der Waals surface area contributed by atoms with E-state index < -0.39 is 6.04 Å². The third-order valence-corrected chi connectivity index (χ3v) is 3.00. The van der Waals surface area contributed by atoms with Gasteiger partial charge in [-0.1, -0.05) is 6.07 Å². The number of amides is 2. The molecule has 0 saturated carbocycles. The van der Waals surface area contributed by atoms with Crippen LogP contribution in [-0.4, -0.2) is 24.6 Å². The van der Waals surface area contributed by atoms with Crippen LogP contribution in [0.1, 0.15) is 12.0 Å². The van der Waals surface area contributed by atoms with Gasteiger partial charge in [-0.05, 0) is 17.7 Å². The summed E-state index contributed by atoms with van der Waals surface area (Å²) in [6.45, 7) is 0.604. The molecule has 1 fully saturated rings. The summed E-state index contributed by atoms with van der Waals surface area (Å²) in [7, 11) is 0. The molecule has 0 radical (unpaired) electrons. The molecule has 1 unspecified atom stereocenters. The summed E-state index contributed by atoms with van der Waals surface area (Å²) in [6, 6.07) is 4.98. The van der Waals surface area contributed by atoms with E-state index in [2.05, 4.69) is 16.2 Å². The summed E-state index contributed by atoms with van der Waals surface area (Å²) in [6.07, 6.45) is 0.160. The van der Waals surface area contributed by atoms with E-state index in [1.54, 1.807) is 0 Å². The molecule has 0 bridgehead atoms. The summed E-state index contributed by atoms with van der Waals surface area (Å²) in [5.74, 6) is 1.00. The smallest absolute Gasteiger partial charge is 0.239 e. The van der Waals surface area contributed by atoms with Crippen molar-refractivity contribution < 1.29 is 19.1 Å². The van der Waals surface area contributed by atoms with Crippen LogP contribution in [0.25, 0.3) is 0 Å². The Morgan fingerprint density at radius 3 is 3.00 bits per heavy atom. The van der Waals surface area contributed by atoms with Crippen molar-refractivity contribution in [2.24, 2.45) is 0 Å². The first-order chi connectivity index (χ1) is 9.22. The lowest BCUT2D eigenvalue weighted by atomic mass is 10.2. The fourth-order valence-electron chi connectivity index (χ4n) is 1.98. The molecule has 2 aliphatic heterocycles. The second-order valence-electron chi connectivity index (χ2n) is 4.35. The number of carbonyl (C=O) groups is 2. The molecule has 1 atom stereocenters. The molecular formula is C12H13N3O4. The number of nitrogens with one attached hydrogen (secondary N) is 3. The monoisotopic (exact) mass is 263 g/mol. The van der Waals surface area contributed by atoms with E-state index in [4.69, 9.17) is 9.47 Å². The summed E-state index contributed by atoms with van der Waals surface area (Å²) in [5, 5.41) is 2.76. The van der Waals surface area contributed by atoms with Crippen molar-refractivity contribution in [1.29, 1.82) is 0 Å². The number of ether oxygens (including phenoxy) is 2. The summed E-state index contributed by atoms with van der Waals surface area (Å²) >= 11 is 0. The fourth-order valence-corrected chi connectivity index (χ4v) is 1.98. The Morgan fingerprint density at radius 2 is 2.21 bits per heavy atom. The number of benzene rings is 1. The van der Waals surface area contributed by atoms with Crippen LogP contribution in [0.4, 0.5) is 0 Å². The molecule has 7 heteroatoms. The summed E-state index contributed by atoms with van der Waals surface area (Å²) < 4.78 is 10.5. The van der Waals surface area contributed by atoms with Crippen molar-refractivity contribution in [3.8, 4) is 11.5 Å². The summed E-state index contributed by atoms with van der Waals surface area (Å²) in [4.78, 5) is 22.8. The van der Waals surface area contributed by atoms with E-state index in [1.807, 2.05) is 18.2 Å². The molecule has 2 heterocycles. The SMILES string of the molecule is O=C1CC(C(=O)NCc2ccc3c(c2)OCO3)NN1. The highest BCUT2D eigenvalue weighted by atomic mass is 16.7.